The van der Waals surface area contributed by atoms with Gasteiger partial charge >= 0.3 is 0 Å². The summed E-state index contributed by atoms with van der Waals surface area (Å²) < 4.78 is 11.1. The maximum absolute atomic E-state index is 9.46. The van der Waals surface area contributed by atoms with E-state index in [1.165, 1.54) is 0 Å². The van der Waals surface area contributed by atoms with Crippen molar-refractivity contribution in [3.05, 3.63) is 59.1 Å². The van der Waals surface area contributed by atoms with Gasteiger partial charge in [0.15, 0.2) is 0 Å². The van der Waals surface area contributed by atoms with E-state index in [0.717, 1.165) is 11.3 Å². The van der Waals surface area contributed by atoms with Crippen molar-refractivity contribution >= 4 is 11.6 Å². The van der Waals surface area contributed by atoms with Crippen LogP contribution in [0, 0.1) is 0 Å². The van der Waals surface area contributed by atoms with Crippen molar-refractivity contribution in [1.29, 1.82) is 0 Å². The molecule has 3 nitrogen and oxygen atoms in total. The fourth-order valence-corrected chi connectivity index (χ4v) is 1.97. The molecule has 0 aliphatic carbocycles. The van der Waals surface area contributed by atoms with E-state index < -0.39 is 6.10 Å². The van der Waals surface area contributed by atoms with Crippen LogP contribution in [0.1, 0.15) is 18.6 Å². The van der Waals surface area contributed by atoms with Gasteiger partial charge in [-0.15, -0.1) is 0 Å². The summed E-state index contributed by atoms with van der Waals surface area (Å²) in [4.78, 5) is 0. The van der Waals surface area contributed by atoms with E-state index in [9.17, 15) is 5.11 Å². The first-order valence-corrected chi connectivity index (χ1v) is 6.83. The Balaban J connectivity index is 1.82. The van der Waals surface area contributed by atoms with Gasteiger partial charge in [-0.05, 0) is 36.8 Å². The monoisotopic (exact) mass is 292 g/mol. The van der Waals surface area contributed by atoms with E-state index in [4.69, 9.17) is 21.1 Å². The lowest BCUT2D eigenvalue weighted by Crippen LogP contribution is -2.09. The fraction of sp³-hybridized carbons (Fsp3) is 0.250. The molecule has 0 saturated heterocycles. The van der Waals surface area contributed by atoms with Gasteiger partial charge in [-0.2, -0.15) is 0 Å². The molecule has 4 heteroatoms. The number of rotatable bonds is 6. The highest BCUT2D eigenvalue weighted by Crippen LogP contribution is 2.27. The number of hydrogen-bond acceptors (Lipinski definition) is 3. The number of para-hydroxylation sites is 1. The van der Waals surface area contributed by atoms with Crippen LogP contribution in [0.4, 0.5) is 0 Å². The Bertz CT molecular complexity index is 541. The van der Waals surface area contributed by atoms with E-state index in [-0.39, 0.29) is 0 Å². The topological polar surface area (TPSA) is 38.7 Å². The lowest BCUT2D eigenvalue weighted by Gasteiger charge is -2.11. The van der Waals surface area contributed by atoms with Gasteiger partial charge in [0, 0.05) is 0 Å². The first-order chi connectivity index (χ1) is 9.66. The van der Waals surface area contributed by atoms with Gasteiger partial charge in [0.25, 0.3) is 0 Å². The molecular weight excluding hydrogens is 276 g/mol. The van der Waals surface area contributed by atoms with Crippen molar-refractivity contribution in [2.75, 3.05) is 13.2 Å². The van der Waals surface area contributed by atoms with Crippen molar-refractivity contribution in [2.45, 2.75) is 13.0 Å². The maximum atomic E-state index is 9.46. The average Bonchev–Trinajstić information content (AvgIpc) is 2.46. The molecule has 0 saturated carbocycles. The minimum atomic E-state index is -0.539. The number of aliphatic hydroxyl groups is 1. The van der Waals surface area contributed by atoms with Gasteiger partial charge in [0.1, 0.15) is 24.7 Å². The molecule has 0 fully saturated rings. The summed E-state index contributed by atoms with van der Waals surface area (Å²) in [5, 5.41) is 9.95. The SMILES string of the molecule is C[C@@H](O)c1ccc(OCCOc2ccccc2)c(Cl)c1. The van der Waals surface area contributed by atoms with E-state index in [2.05, 4.69) is 0 Å². The van der Waals surface area contributed by atoms with Crippen LogP contribution in [0.25, 0.3) is 0 Å². The van der Waals surface area contributed by atoms with Crippen LogP contribution in [0.3, 0.4) is 0 Å². The summed E-state index contributed by atoms with van der Waals surface area (Å²) >= 11 is 6.09. The van der Waals surface area contributed by atoms with Crippen LogP contribution in [0.15, 0.2) is 48.5 Å². The molecule has 20 heavy (non-hydrogen) atoms. The predicted molar refractivity (Wildman–Crippen MR) is 79.5 cm³/mol. The third kappa shape index (κ3) is 4.15. The largest absolute Gasteiger partial charge is 0.490 e. The third-order valence-corrected chi connectivity index (χ3v) is 3.09. The van der Waals surface area contributed by atoms with E-state index in [1.54, 1.807) is 25.1 Å². The van der Waals surface area contributed by atoms with Crippen LogP contribution < -0.4 is 9.47 Å². The summed E-state index contributed by atoms with van der Waals surface area (Å²) in [5.41, 5.74) is 0.767. The number of aliphatic hydroxyl groups excluding tert-OH is 1. The summed E-state index contributed by atoms with van der Waals surface area (Å²) in [6, 6.07) is 14.8. The second kappa shape index (κ2) is 7.17. The van der Waals surface area contributed by atoms with E-state index >= 15 is 0 Å². The Hall–Kier alpha value is -1.71. The molecule has 1 N–H and O–H groups in total. The molecule has 2 aromatic carbocycles. The smallest absolute Gasteiger partial charge is 0.138 e. The van der Waals surface area contributed by atoms with Crippen LogP contribution in [-0.4, -0.2) is 18.3 Å². The Morgan fingerprint density at radius 3 is 2.40 bits per heavy atom. The summed E-state index contributed by atoms with van der Waals surface area (Å²) in [5.74, 6) is 1.40. The van der Waals surface area contributed by atoms with Crippen molar-refractivity contribution in [2.24, 2.45) is 0 Å². The first kappa shape index (κ1) is 14.7. The van der Waals surface area contributed by atoms with Crippen molar-refractivity contribution in [3.63, 3.8) is 0 Å². The summed E-state index contributed by atoms with van der Waals surface area (Å²) in [7, 11) is 0. The van der Waals surface area contributed by atoms with Crippen LogP contribution >= 0.6 is 11.6 Å². The van der Waals surface area contributed by atoms with Gasteiger partial charge in [-0.1, -0.05) is 35.9 Å². The molecule has 2 aromatic rings. The Morgan fingerprint density at radius 1 is 1.05 bits per heavy atom. The molecule has 0 bridgehead atoms. The van der Waals surface area contributed by atoms with Crippen molar-refractivity contribution < 1.29 is 14.6 Å². The highest BCUT2D eigenvalue weighted by atomic mass is 35.5. The van der Waals surface area contributed by atoms with Crippen LogP contribution in [0.5, 0.6) is 11.5 Å². The quantitative estimate of drug-likeness (QED) is 0.822. The normalized spacial score (nSPS) is 11.9. The van der Waals surface area contributed by atoms with E-state index in [1.807, 2.05) is 30.3 Å². The van der Waals surface area contributed by atoms with Crippen LogP contribution in [-0.2, 0) is 0 Å². The first-order valence-electron chi connectivity index (χ1n) is 6.45. The Labute approximate surface area is 123 Å². The molecule has 1 atom stereocenters. The Morgan fingerprint density at radius 2 is 1.75 bits per heavy atom. The molecule has 0 aliphatic rings. The van der Waals surface area contributed by atoms with Gasteiger partial charge in [0.2, 0.25) is 0 Å². The summed E-state index contributed by atoms with van der Waals surface area (Å²) in [6.45, 7) is 2.54. The highest BCUT2D eigenvalue weighted by molar-refractivity contribution is 6.32. The lowest BCUT2D eigenvalue weighted by molar-refractivity contribution is 0.198. The highest BCUT2D eigenvalue weighted by Gasteiger charge is 2.06. The van der Waals surface area contributed by atoms with Crippen molar-refractivity contribution in [1.82, 2.24) is 0 Å². The standard InChI is InChI=1S/C16H17ClO3/c1-12(18)13-7-8-16(15(17)11-13)20-10-9-19-14-5-3-2-4-6-14/h2-8,11-12,18H,9-10H2,1H3/t12-/m1/s1. The molecule has 0 heterocycles. The molecule has 0 aromatic heterocycles. The third-order valence-electron chi connectivity index (χ3n) is 2.79. The Kier molecular flexibility index (Phi) is 5.27. The lowest BCUT2D eigenvalue weighted by atomic mass is 10.1. The predicted octanol–water partition coefficient (Wildman–Crippen LogP) is 3.85. The number of benzene rings is 2. The van der Waals surface area contributed by atoms with Gasteiger partial charge in [-0.3, -0.25) is 0 Å². The summed E-state index contributed by atoms with van der Waals surface area (Å²) in [6.07, 6.45) is -0.539. The van der Waals surface area contributed by atoms with Gasteiger partial charge in [0.05, 0.1) is 11.1 Å². The van der Waals surface area contributed by atoms with E-state index in [0.29, 0.717) is 24.0 Å². The number of hydrogen-bond donors (Lipinski definition) is 1. The van der Waals surface area contributed by atoms with Gasteiger partial charge < -0.3 is 14.6 Å². The molecule has 106 valence electrons. The zero-order valence-corrected chi connectivity index (χ0v) is 12.0. The molecule has 2 rings (SSSR count). The zero-order chi connectivity index (χ0) is 14.4. The zero-order valence-electron chi connectivity index (χ0n) is 11.3. The molecule has 0 aliphatic heterocycles. The average molecular weight is 293 g/mol. The molecular formula is C16H17ClO3. The molecule has 0 spiro atoms. The minimum absolute atomic E-state index is 0.405. The number of ether oxygens (including phenoxy) is 2. The molecule has 0 radical (unpaired) electrons. The second-order valence-electron chi connectivity index (χ2n) is 4.38. The minimum Gasteiger partial charge on any atom is -0.490 e. The van der Waals surface area contributed by atoms with Crippen LogP contribution in [0.2, 0.25) is 5.02 Å². The maximum Gasteiger partial charge on any atom is 0.138 e. The fourth-order valence-electron chi connectivity index (χ4n) is 1.72. The van der Waals surface area contributed by atoms with Crippen molar-refractivity contribution in [3.8, 4) is 11.5 Å². The molecule has 0 unspecified atom stereocenters. The number of halogens is 1. The van der Waals surface area contributed by atoms with Gasteiger partial charge in [-0.25, -0.2) is 0 Å². The second-order valence-corrected chi connectivity index (χ2v) is 4.78. The molecule has 0 amide bonds.